The minimum Gasteiger partial charge on any atom is -0.478 e. The highest BCUT2D eigenvalue weighted by Gasteiger charge is 2.31. The number of allylic oxidation sites excluding steroid dienone is 1. The van der Waals surface area contributed by atoms with Gasteiger partial charge in [-0.1, -0.05) is 17.7 Å². The Kier molecular flexibility index (Phi) is 3.34. The highest BCUT2D eigenvalue weighted by atomic mass is 35.5. The van der Waals surface area contributed by atoms with E-state index in [9.17, 15) is 14.7 Å². The zero-order valence-electron chi connectivity index (χ0n) is 9.61. The molecule has 2 N–H and O–H groups in total. The molecule has 2 heterocycles. The molecule has 1 amide bonds. The van der Waals surface area contributed by atoms with E-state index >= 15 is 0 Å². The number of hydrogen-bond donors (Lipinski definition) is 2. The second kappa shape index (κ2) is 4.78. The Morgan fingerprint density at radius 3 is 2.83 bits per heavy atom. The maximum absolute atomic E-state index is 11.5. The lowest BCUT2D eigenvalue weighted by Crippen LogP contribution is -2.33. The second-order valence-electron chi connectivity index (χ2n) is 4.06. The van der Waals surface area contributed by atoms with Crippen LogP contribution in [0.3, 0.4) is 0 Å². The van der Waals surface area contributed by atoms with Gasteiger partial charge in [0.1, 0.15) is 5.15 Å². The Morgan fingerprint density at radius 1 is 1.56 bits per heavy atom. The Balaban J connectivity index is 2.46. The van der Waals surface area contributed by atoms with E-state index in [1.54, 1.807) is 19.1 Å². The molecule has 1 unspecified atom stereocenters. The Labute approximate surface area is 108 Å². The number of halogens is 1. The second-order valence-corrected chi connectivity index (χ2v) is 4.45. The molecule has 0 spiro atoms. The summed E-state index contributed by atoms with van der Waals surface area (Å²) in [5.74, 6) is -1.72. The molecule has 0 saturated carbocycles. The molecule has 2 rings (SSSR count). The van der Waals surface area contributed by atoms with Crippen LogP contribution in [0.5, 0.6) is 0 Å². The number of carbonyl (C=O) groups is 2. The van der Waals surface area contributed by atoms with Crippen LogP contribution in [-0.4, -0.2) is 22.0 Å². The third-order valence-corrected chi connectivity index (χ3v) is 3.08. The van der Waals surface area contributed by atoms with Crippen molar-refractivity contribution in [3.8, 4) is 0 Å². The summed E-state index contributed by atoms with van der Waals surface area (Å²) >= 11 is 5.69. The summed E-state index contributed by atoms with van der Waals surface area (Å²) in [7, 11) is 0. The molecule has 1 aromatic heterocycles. The predicted molar refractivity (Wildman–Crippen MR) is 65.1 cm³/mol. The monoisotopic (exact) mass is 266 g/mol. The summed E-state index contributed by atoms with van der Waals surface area (Å²) in [6.45, 7) is 1.58. The predicted octanol–water partition coefficient (Wildman–Crippen LogP) is 1.70. The Bertz CT molecular complexity index is 537. The summed E-state index contributed by atoms with van der Waals surface area (Å²) in [5, 5.41) is 12.1. The van der Waals surface area contributed by atoms with Crippen molar-refractivity contribution in [1.82, 2.24) is 10.3 Å². The zero-order chi connectivity index (χ0) is 13.3. The third kappa shape index (κ3) is 2.36. The van der Waals surface area contributed by atoms with E-state index in [-0.39, 0.29) is 17.9 Å². The van der Waals surface area contributed by atoms with E-state index in [0.717, 1.165) is 0 Å². The van der Waals surface area contributed by atoms with Gasteiger partial charge in [-0.15, -0.1) is 0 Å². The number of hydrogen-bond acceptors (Lipinski definition) is 3. The first-order valence-electron chi connectivity index (χ1n) is 5.34. The SMILES string of the molecule is CC1=C(C(=O)O)C(c2ccc(Cl)nc2)CC(=O)N1. The first kappa shape index (κ1) is 12.6. The van der Waals surface area contributed by atoms with Crippen molar-refractivity contribution >= 4 is 23.5 Å². The molecular weight excluding hydrogens is 256 g/mol. The number of pyridine rings is 1. The lowest BCUT2D eigenvalue weighted by atomic mass is 9.85. The minimum atomic E-state index is -1.03. The van der Waals surface area contributed by atoms with Crippen molar-refractivity contribution in [3.63, 3.8) is 0 Å². The number of aromatic nitrogens is 1. The molecule has 0 aliphatic carbocycles. The van der Waals surface area contributed by atoms with E-state index < -0.39 is 11.9 Å². The standard InChI is InChI=1S/C12H11ClN2O3/c1-6-11(12(17)18)8(4-10(16)15-6)7-2-3-9(13)14-5-7/h2-3,5,8H,4H2,1H3,(H,15,16)(H,17,18). The number of aliphatic carboxylic acids is 1. The van der Waals surface area contributed by atoms with Gasteiger partial charge in [-0.05, 0) is 18.6 Å². The maximum atomic E-state index is 11.5. The topological polar surface area (TPSA) is 79.3 Å². The van der Waals surface area contributed by atoms with Gasteiger partial charge in [0.2, 0.25) is 5.91 Å². The lowest BCUT2D eigenvalue weighted by Gasteiger charge is -2.25. The van der Waals surface area contributed by atoms with Gasteiger partial charge in [0, 0.05) is 24.2 Å². The van der Waals surface area contributed by atoms with Gasteiger partial charge in [0.15, 0.2) is 0 Å². The molecule has 1 atom stereocenters. The summed E-state index contributed by atoms with van der Waals surface area (Å²) in [5.41, 5.74) is 1.24. The van der Waals surface area contributed by atoms with Crippen LogP contribution in [0.1, 0.15) is 24.8 Å². The van der Waals surface area contributed by atoms with Gasteiger partial charge in [0.05, 0.1) is 5.57 Å². The van der Waals surface area contributed by atoms with Crippen LogP contribution < -0.4 is 5.32 Å². The fraction of sp³-hybridized carbons (Fsp3) is 0.250. The lowest BCUT2D eigenvalue weighted by molar-refractivity contribution is -0.133. The number of carboxylic acids is 1. The van der Waals surface area contributed by atoms with Crippen molar-refractivity contribution in [1.29, 1.82) is 0 Å². The van der Waals surface area contributed by atoms with Gasteiger partial charge in [0.25, 0.3) is 0 Å². The van der Waals surface area contributed by atoms with Crippen LogP contribution in [0.25, 0.3) is 0 Å². The van der Waals surface area contributed by atoms with Crippen LogP contribution in [0.2, 0.25) is 5.15 Å². The van der Waals surface area contributed by atoms with Crippen molar-refractivity contribution in [2.75, 3.05) is 0 Å². The van der Waals surface area contributed by atoms with E-state index in [1.165, 1.54) is 6.20 Å². The van der Waals surface area contributed by atoms with Gasteiger partial charge in [-0.25, -0.2) is 9.78 Å². The van der Waals surface area contributed by atoms with Crippen LogP contribution in [0, 0.1) is 0 Å². The summed E-state index contributed by atoms with van der Waals surface area (Å²) in [4.78, 5) is 26.7. The molecule has 0 saturated heterocycles. The average molecular weight is 267 g/mol. The van der Waals surface area contributed by atoms with E-state index in [1.807, 2.05) is 0 Å². The number of carbonyl (C=O) groups excluding carboxylic acids is 1. The average Bonchev–Trinajstić information content (AvgIpc) is 2.28. The fourth-order valence-electron chi connectivity index (χ4n) is 2.06. The largest absolute Gasteiger partial charge is 0.478 e. The molecule has 0 fully saturated rings. The molecule has 18 heavy (non-hydrogen) atoms. The maximum Gasteiger partial charge on any atom is 0.333 e. The van der Waals surface area contributed by atoms with Crippen LogP contribution in [0.4, 0.5) is 0 Å². The number of rotatable bonds is 2. The highest BCUT2D eigenvalue weighted by Crippen LogP contribution is 2.32. The number of nitrogens with zero attached hydrogens (tertiary/aromatic N) is 1. The summed E-state index contributed by atoms with van der Waals surface area (Å²) in [6, 6.07) is 3.27. The minimum absolute atomic E-state index is 0.0995. The smallest absolute Gasteiger partial charge is 0.333 e. The van der Waals surface area contributed by atoms with Crippen molar-refractivity contribution < 1.29 is 14.7 Å². The van der Waals surface area contributed by atoms with Crippen LogP contribution in [0.15, 0.2) is 29.6 Å². The highest BCUT2D eigenvalue weighted by molar-refractivity contribution is 6.29. The number of amides is 1. The zero-order valence-corrected chi connectivity index (χ0v) is 10.4. The summed E-state index contributed by atoms with van der Waals surface area (Å²) < 4.78 is 0. The molecule has 1 aliphatic heterocycles. The molecule has 5 nitrogen and oxygen atoms in total. The molecule has 1 aliphatic rings. The molecule has 6 heteroatoms. The van der Waals surface area contributed by atoms with E-state index in [4.69, 9.17) is 11.6 Å². The quantitative estimate of drug-likeness (QED) is 0.799. The van der Waals surface area contributed by atoms with Gasteiger partial charge in [-0.3, -0.25) is 4.79 Å². The molecule has 0 aromatic carbocycles. The summed E-state index contributed by atoms with van der Waals surface area (Å²) in [6.07, 6.45) is 1.60. The molecular formula is C12H11ClN2O3. The molecule has 94 valence electrons. The molecule has 0 radical (unpaired) electrons. The van der Waals surface area contributed by atoms with Crippen molar-refractivity contribution in [2.24, 2.45) is 0 Å². The van der Waals surface area contributed by atoms with E-state index in [0.29, 0.717) is 16.4 Å². The Morgan fingerprint density at radius 2 is 2.28 bits per heavy atom. The van der Waals surface area contributed by atoms with E-state index in [2.05, 4.69) is 10.3 Å². The van der Waals surface area contributed by atoms with Gasteiger partial charge in [-0.2, -0.15) is 0 Å². The number of carboxylic acid groups (broad SMARTS) is 1. The first-order valence-corrected chi connectivity index (χ1v) is 5.72. The number of nitrogens with one attached hydrogen (secondary N) is 1. The van der Waals surface area contributed by atoms with Crippen LogP contribution in [-0.2, 0) is 9.59 Å². The molecule has 0 bridgehead atoms. The van der Waals surface area contributed by atoms with Gasteiger partial charge < -0.3 is 10.4 Å². The third-order valence-electron chi connectivity index (χ3n) is 2.85. The van der Waals surface area contributed by atoms with Crippen molar-refractivity contribution in [2.45, 2.75) is 19.3 Å². The normalized spacial score (nSPS) is 19.7. The fourth-order valence-corrected chi connectivity index (χ4v) is 2.18. The van der Waals surface area contributed by atoms with Crippen molar-refractivity contribution in [3.05, 3.63) is 40.3 Å². The molecule has 1 aromatic rings. The van der Waals surface area contributed by atoms with Gasteiger partial charge >= 0.3 is 5.97 Å². The first-order chi connectivity index (χ1) is 8.49. The van der Waals surface area contributed by atoms with Crippen LogP contribution >= 0.6 is 11.6 Å². The Hall–Kier alpha value is -1.88.